The summed E-state index contributed by atoms with van der Waals surface area (Å²) < 4.78 is 12.8. The predicted octanol–water partition coefficient (Wildman–Crippen LogP) is 3.53. The van der Waals surface area contributed by atoms with E-state index in [-0.39, 0.29) is 17.3 Å². The predicted molar refractivity (Wildman–Crippen MR) is 57.8 cm³/mol. The van der Waals surface area contributed by atoms with Crippen molar-refractivity contribution >= 4 is 11.6 Å². The molecule has 78 valence electrons. The van der Waals surface area contributed by atoms with Gasteiger partial charge in [-0.1, -0.05) is 38.4 Å². The van der Waals surface area contributed by atoms with Gasteiger partial charge in [0.2, 0.25) is 0 Å². The number of halogens is 2. The van der Waals surface area contributed by atoms with Gasteiger partial charge in [0.05, 0.1) is 0 Å². The molecule has 0 unspecified atom stereocenters. The van der Waals surface area contributed by atoms with Crippen LogP contribution in [-0.2, 0) is 0 Å². The molecular formula is C11H15ClFN. The summed E-state index contributed by atoms with van der Waals surface area (Å²) in [7, 11) is 0. The lowest BCUT2D eigenvalue weighted by Crippen LogP contribution is -2.26. The molecule has 0 saturated carbocycles. The van der Waals surface area contributed by atoms with Crippen LogP contribution in [0.3, 0.4) is 0 Å². The van der Waals surface area contributed by atoms with Gasteiger partial charge in [0.1, 0.15) is 5.82 Å². The standard InChI is InChI=1S/C11H15ClFN/c1-11(2,3)10(14)8-5-4-7(13)6-9(8)12/h4-6,10H,14H2,1-3H3/t10-/m0/s1. The van der Waals surface area contributed by atoms with E-state index in [4.69, 9.17) is 17.3 Å². The van der Waals surface area contributed by atoms with Crippen molar-refractivity contribution in [3.8, 4) is 0 Å². The van der Waals surface area contributed by atoms with E-state index in [0.29, 0.717) is 5.02 Å². The average molecular weight is 216 g/mol. The molecule has 1 nitrogen and oxygen atoms in total. The third-order valence-corrected chi connectivity index (χ3v) is 2.56. The molecule has 1 aromatic rings. The summed E-state index contributed by atoms with van der Waals surface area (Å²) in [5, 5.41) is 0.396. The highest BCUT2D eigenvalue weighted by Crippen LogP contribution is 2.34. The Kier molecular flexibility index (Phi) is 3.17. The third-order valence-electron chi connectivity index (χ3n) is 2.23. The molecule has 0 saturated heterocycles. The first-order valence-electron chi connectivity index (χ1n) is 4.53. The summed E-state index contributed by atoms with van der Waals surface area (Å²) in [6.45, 7) is 6.08. The Bertz CT molecular complexity index is 331. The van der Waals surface area contributed by atoms with E-state index in [1.165, 1.54) is 12.1 Å². The summed E-state index contributed by atoms with van der Waals surface area (Å²) in [4.78, 5) is 0. The van der Waals surface area contributed by atoms with Crippen LogP contribution in [0.25, 0.3) is 0 Å². The van der Waals surface area contributed by atoms with Gasteiger partial charge in [0.25, 0.3) is 0 Å². The van der Waals surface area contributed by atoms with Crippen LogP contribution in [0, 0.1) is 11.2 Å². The smallest absolute Gasteiger partial charge is 0.124 e. The third kappa shape index (κ3) is 2.46. The first-order valence-corrected chi connectivity index (χ1v) is 4.90. The molecule has 0 amide bonds. The van der Waals surface area contributed by atoms with E-state index in [1.807, 2.05) is 20.8 Å². The Labute approximate surface area is 89.1 Å². The fourth-order valence-corrected chi connectivity index (χ4v) is 1.51. The first-order chi connectivity index (χ1) is 6.32. The lowest BCUT2D eigenvalue weighted by atomic mass is 9.83. The van der Waals surface area contributed by atoms with Crippen molar-refractivity contribution in [1.82, 2.24) is 0 Å². The summed E-state index contributed by atoms with van der Waals surface area (Å²) in [5.74, 6) is -0.333. The zero-order valence-corrected chi connectivity index (χ0v) is 9.40. The van der Waals surface area contributed by atoms with Gasteiger partial charge in [0, 0.05) is 11.1 Å². The van der Waals surface area contributed by atoms with Crippen molar-refractivity contribution in [2.45, 2.75) is 26.8 Å². The summed E-state index contributed by atoms with van der Waals surface area (Å²) in [5.41, 5.74) is 6.73. The second-order valence-corrected chi connectivity index (χ2v) is 4.92. The molecule has 0 aromatic heterocycles. The fraction of sp³-hybridized carbons (Fsp3) is 0.455. The Morgan fingerprint density at radius 3 is 2.36 bits per heavy atom. The normalized spacial score (nSPS) is 14.1. The van der Waals surface area contributed by atoms with Crippen LogP contribution in [0.4, 0.5) is 4.39 Å². The van der Waals surface area contributed by atoms with Gasteiger partial charge in [-0.05, 0) is 23.1 Å². The van der Waals surface area contributed by atoms with E-state index in [2.05, 4.69) is 0 Å². The Morgan fingerprint density at radius 2 is 1.93 bits per heavy atom. The lowest BCUT2D eigenvalue weighted by Gasteiger charge is -2.28. The number of hydrogen-bond donors (Lipinski definition) is 1. The minimum Gasteiger partial charge on any atom is -0.323 e. The summed E-state index contributed by atoms with van der Waals surface area (Å²) in [6.07, 6.45) is 0. The monoisotopic (exact) mass is 215 g/mol. The van der Waals surface area contributed by atoms with Crippen molar-refractivity contribution in [1.29, 1.82) is 0 Å². The number of nitrogens with two attached hydrogens (primary N) is 1. The number of hydrogen-bond acceptors (Lipinski definition) is 1. The molecule has 0 aliphatic heterocycles. The highest BCUT2D eigenvalue weighted by atomic mass is 35.5. The molecule has 1 rings (SSSR count). The Balaban J connectivity index is 3.08. The second-order valence-electron chi connectivity index (χ2n) is 4.51. The van der Waals surface area contributed by atoms with Crippen molar-refractivity contribution in [2.24, 2.45) is 11.1 Å². The molecule has 0 bridgehead atoms. The Hall–Kier alpha value is -0.600. The largest absolute Gasteiger partial charge is 0.323 e. The molecule has 1 atom stereocenters. The summed E-state index contributed by atoms with van der Waals surface area (Å²) >= 11 is 5.91. The molecule has 0 radical (unpaired) electrons. The number of benzene rings is 1. The highest BCUT2D eigenvalue weighted by Gasteiger charge is 2.24. The zero-order chi connectivity index (χ0) is 10.9. The molecule has 0 heterocycles. The Morgan fingerprint density at radius 1 is 1.36 bits per heavy atom. The minimum atomic E-state index is -0.333. The van der Waals surface area contributed by atoms with E-state index in [1.54, 1.807) is 6.07 Å². The molecule has 0 aliphatic rings. The van der Waals surface area contributed by atoms with Gasteiger partial charge in [-0.15, -0.1) is 0 Å². The first kappa shape index (κ1) is 11.5. The maximum Gasteiger partial charge on any atom is 0.124 e. The maximum atomic E-state index is 12.8. The van der Waals surface area contributed by atoms with E-state index in [9.17, 15) is 4.39 Å². The van der Waals surface area contributed by atoms with Crippen molar-refractivity contribution < 1.29 is 4.39 Å². The lowest BCUT2D eigenvalue weighted by molar-refractivity contribution is 0.327. The molecule has 0 fully saturated rings. The van der Waals surface area contributed by atoms with Gasteiger partial charge >= 0.3 is 0 Å². The summed E-state index contributed by atoms with van der Waals surface area (Å²) in [6, 6.07) is 4.14. The van der Waals surface area contributed by atoms with Crippen molar-refractivity contribution in [2.75, 3.05) is 0 Å². The van der Waals surface area contributed by atoms with Gasteiger partial charge in [-0.25, -0.2) is 4.39 Å². The minimum absolute atomic E-state index is 0.0819. The van der Waals surface area contributed by atoms with Gasteiger partial charge < -0.3 is 5.73 Å². The van der Waals surface area contributed by atoms with Crippen LogP contribution in [0.2, 0.25) is 5.02 Å². The molecule has 3 heteroatoms. The van der Waals surface area contributed by atoms with E-state index in [0.717, 1.165) is 5.56 Å². The molecule has 2 N–H and O–H groups in total. The SMILES string of the molecule is CC(C)(C)[C@@H](N)c1ccc(F)cc1Cl. The molecule has 14 heavy (non-hydrogen) atoms. The quantitative estimate of drug-likeness (QED) is 0.762. The topological polar surface area (TPSA) is 26.0 Å². The highest BCUT2D eigenvalue weighted by molar-refractivity contribution is 6.31. The second kappa shape index (κ2) is 3.87. The van der Waals surface area contributed by atoms with Gasteiger partial charge in [-0.2, -0.15) is 0 Å². The van der Waals surface area contributed by atoms with Crippen LogP contribution in [0.5, 0.6) is 0 Å². The van der Waals surface area contributed by atoms with E-state index < -0.39 is 0 Å². The van der Waals surface area contributed by atoms with Crippen LogP contribution in [0.15, 0.2) is 18.2 Å². The zero-order valence-electron chi connectivity index (χ0n) is 8.64. The van der Waals surface area contributed by atoms with Crippen LogP contribution < -0.4 is 5.73 Å². The van der Waals surface area contributed by atoms with Crippen LogP contribution >= 0.6 is 11.6 Å². The maximum absolute atomic E-state index is 12.8. The number of rotatable bonds is 1. The molecular weight excluding hydrogens is 201 g/mol. The fourth-order valence-electron chi connectivity index (χ4n) is 1.22. The van der Waals surface area contributed by atoms with Crippen molar-refractivity contribution in [3.05, 3.63) is 34.6 Å². The van der Waals surface area contributed by atoms with Gasteiger partial charge in [0.15, 0.2) is 0 Å². The van der Waals surface area contributed by atoms with Crippen molar-refractivity contribution in [3.63, 3.8) is 0 Å². The molecule has 1 aromatic carbocycles. The van der Waals surface area contributed by atoms with Crippen LogP contribution in [-0.4, -0.2) is 0 Å². The molecule has 0 aliphatic carbocycles. The van der Waals surface area contributed by atoms with Crippen LogP contribution in [0.1, 0.15) is 32.4 Å². The van der Waals surface area contributed by atoms with Gasteiger partial charge in [-0.3, -0.25) is 0 Å². The molecule has 0 spiro atoms. The average Bonchev–Trinajstić information content (AvgIpc) is 2.01. The van der Waals surface area contributed by atoms with E-state index >= 15 is 0 Å².